The largest absolute Gasteiger partial charge is 0.396 e. The Kier molecular flexibility index (Phi) is 3.29. The van der Waals surface area contributed by atoms with Gasteiger partial charge in [0.1, 0.15) is 0 Å². The summed E-state index contributed by atoms with van der Waals surface area (Å²) in [4.78, 5) is 11.7. The molecule has 0 aromatic rings. The van der Waals surface area contributed by atoms with Gasteiger partial charge in [-0.15, -0.1) is 0 Å². The van der Waals surface area contributed by atoms with E-state index in [1.807, 2.05) is 0 Å². The zero-order chi connectivity index (χ0) is 10.8. The molecule has 0 spiro atoms. The number of carbonyl (C=O) groups excluding carboxylic acids is 1. The summed E-state index contributed by atoms with van der Waals surface area (Å²) < 4.78 is 0. The number of nitrogens with one attached hydrogen (secondary N) is 1. The van der Waals surface area contributed by atoms with Crippen LogP contribution in [0.4, 0.5) is 0 Å². The Balaban J connectivity index is 1.70. The predicted molar refractivity (Wildman–Crippen MR) is 58.2 cm³/mol. The molecule has 2 fully saturated rings. The molecular weight excluding hydrogens is 190 g/mol. The maximum absolute atomic E-state index is 11.7. The molecule has 0 radical (unpaired) electrons. The van der Waals surface area contributed by atoms with E-state index in [0.717, 1.165) is 32.1 Å². The molecule has 15 heavy (non-hydrogen) atoms. The number of hydrogen-bond donors (Lipinski definition) is 2. The first-order valence-electron chi connectivity index (χ1n) is 6.12. The van der Waals surface area contributed by atoms with Gasteiger partial charge < -0.3 is 10.4 Å². The number of aliphatic hydroxyl groups excluding tert-OH is 1. The fourth-order valence-electron chi connectivity index (χ4n) is 2.49. The molecule has 1 amide bonds. The first-order chi connectivity index (χ1) is 7.20. The van der Waals surface area contributed by atoms with Crippen LogP contribution >= 0.6 is 0 Å². The van der Waals surface area contributed by atoms with Gasteiger partial charge in [-0.2, -0.15) is 0 Å². The van der Waals surface area contributed by atoms with Crippen LogP contribution in [0.1, 0.15) is 39.0 Å². The van der Waals surface area contributed by atoms with E-state index >= 15 is 0 Å². The summed E-state index contributed by atoms with van der Waals surface area (Å²) in [5.74, 6) is 1.62. The lowest BCUT2D eigenvalue weighted by atomic mass is 9.86. The summed E-state index contributed by atoms with van der Waals surface area (Å²) in [5.41, 5.74) is 0. The lowest BCUT2D eigenvalue weighted by Crippen LogP contribution is -2.39. The minimum absolute atomic E-state index is 0.259. The van der Waals surface area contributed by atoms with Gasteiger partial charge in [-0.05, 0) is 43.9 Å². The fourth-order valence-corrected chi connectivity index (χ4v) is 2.49. The monoisotopic (exact) mass is 211 g/mol. The smallest absolute Gasteiger partial charge is 0.223 e. The Labute approximate surface area is 91.2 Å². The molecule has 0 heterocycles. The van der Waals surface area contributed by atoms with Crippen molar-refractivity contribution in [3.8, 4) is 0 Å². The maximum Gasteiger partial charge on any atom is 0.223 e. The van der Waals surface area contributed by atoms with Crippen LogP contribution in [0.15, 0.2) is 0 Å². The van der Waals surface area contributed by atoms with Gasteiger partial charge in [0.2, 0.25) is 5.91 Å². The highest BCUT2D eigenvalue weighted by Gasteiger charge is 2.39. The summed E-state index contributed by atoms with van der Waals surface area (Å²) in [5, 5.41) is 12.1. The van der Waals surface area contributed by atoms with Crippen molar-refractivity contribution in [2.45, 2.75) is 45.1 Å². The number of amides is 1. The molecule has 2 N–H and O–H groups in total. The Hall–Kier alpha value is -0.570. The molecule has 0 aromatic heterocycles. The Morgan fingerprint density at radius 1 is 1.33 bits per heavy atom. The Bertz CT molecular complexity index is 234. The van der Waals surface area contributed by atoms with Crippen molar-refractivity contribution in [2.24, 2.45) is 17.8 Å². The van der Waals surface area contributed by atoms with E-state index < -0.39 is 0 Å². The average molecular weight is 211 g/mol. The molecule has 0 aromatic carbocycles. The molecule has 2 aliphatic carbocycles. The summed E-state index contributed by atoms with van der Waals surface area (Å²) >= 11 is 0. The van der Waals surface area contributed by atoms with Crippen molar-refractivity contribution in [1.29, 1.82) is 0 Å². The van der Waals surface area contributed by atoms with Crippen molar-refractivity contribution in [2.75, 3.05) is 6.61 Å². The number of carbonyl (C=O) groups is 1. The van der Waals surface area contributed by atoms with E-state index in [9.17, 15) is 4.79 Å². The standard InChI is InChI=1S/C12H21NO2/c1-8-6-11(8)12(15)13-10-4-2-9(7-14)3-5-10/h8-11,14H,2-7H2,1H3,(H,13,15). The molecule has 2 unspecified atom stereocenters. The van der Waals surface area contributed by atoms with Gasteiger partial charge in [0, 0.05) is 18.6 Å². The topological polar surface area (TPSA) is 49.3 Å². The average Bonchev–Trinajstić information content (AvgIpc) is 2.97. The van der Waals surface area contributed by atoms with Crippen molar-refractivity contribution in [3.63, 3.8) is 0 Å². The summed E-state index contributed by atoms with van der Waals surface area (Å²) in [6.45, 7) is 2.44. The third-order valence-corrected chi connectivity index (χ3v) is 3.90. The second-order valence-corrected chi connectivity index (χ2v) is 5.23. The molecule has 2 aliphatic rings. The summed E-state index contributed by atoms with van der Waals surface area (Å²) in [6, 6.07) is 0.369. The van der Waals surface area contributed by atoms with Crippen molar-refractivity contribution < 1.29 is 9.90 Å². The van der Waals surface area contributed by atoms with Crippen LogP contribution in [0, 0.1) is 17.8 Å². The van der Waals surface area contributed by atoms with Crippen LogP contribution in [-0.2, 0) is 4.79 Å². The molecule has 0 saturated heterocycles. The van der Waals surface area contributed by atoms with Crippen LogP contribution in [0.2, 0.25) is 0 Å². The van der Waals surface area contributed by atoms with Gasteiger partial charge in [0.25, 0.3) is 0 Å². The molecule has 3 nitrogen and oxygen atoms in total. The highest BCUT2D eigenvalue weighted by molar-refractivity contribution is 5.81. The molecule has 0 aliphatic heterocycles. The van der Waals surface area contributed by atoms with Crippen LogP contribution in [-0.4, -0.2) is 23.7 Å². The van der Waals surface area contributed by atoms with Crippen molar-refractivity contribution in [3.05, 3.63) is 0 Å². The number of hydrogen-bond acceptors (Lipinski definition) is 2. The second-order valence-electron chi connectivity index (χ2n) is 5.23. The third-order valence-electron chi connectivity index (χ3n) is 3.90. The zero-order valence-electron chi connectivity index (χ0n) is 9.41. The molecular formula is C12H21NO2. The molecule has 0 bridgehead atoms. The highest BCUT2D eigenvalue weighted by Crippen LogP contribution is 2.38. The van der Waals surface area contributed by atoms with Gasteiger partial charge >= 0.3 is 0 Å². The molecule has 2 atom stereocenters. The van der Waals surface area contributed by atoms with Crippen LogP contribution < -0.4 is 5.32 Å². The molecule has 2 saturated carbocycles. The maximum atomic E-state index is 11.7. The van der Waals surface area contributed by atoms with Gasteiger partial charge in [-0.1, -0.05) is 6.92 Å². The Morgan fingerprint density at radius 2 is 1.93 bits per heavy atom. The van der Waals surface area contributed by atoms with E-state index in [2.05, 4.69) is 12.2 Å². The zero-order valence-corrected chi connectivity index (χ0v) is 9.41. The Morgan fingerprint density at radius 3 is 2.40 bits per heavy atom. The normalized spacial score (nSPS) is 39.9. The summed E-state index contributed by atoms with van der Waals surface area (Å²) in [6.07, 6.45) is 5.26. The summed E-state index contributed by atoms with van der Waals surface area (Å²) in [7, 11) is 0. The van der Waals surface area contributed by atoms with Crippen LogP contribution in [0.5, 0.6) is 0 Å². The van der Waals surface area contributed by atoms with E-state index in [-0.39, 0.29) is 5.91 Å². The SMILES string of the molecule is CC1CC1C(=O)NC1CCC(CO)CC1. The van der Waals surface area contributed by atoms with E-state index in [1.165, 1.54) is 0 Å². The van der Waals surface area contributed by atoms with Gasteiger partial charge in [0.05, 0.1) is 0 Å². The second kappa shape index (κ2) is 4.52. The van der Waals surface area contributed by atoms with Crippen LogP contribution in [0.3, 0.4) is 0 Å². The van der Waals surface area contributed by atoms with E-state index in [1.54, 1.807) is 0 Å². The number of rotatable bonds is 3. The minimum atomic E-state index is 0.259. The lowest BCUT2D eigenvalue weighted by Gasteiger charge is -2.28. The molecule has 86 valence electrons. The molecule has 2 rings (SSSR count). The van der Waals surface area contributed by atoms with Crippen LogP contribution in [0.25, 0.3) is 0 Å². The lowest BCUT2D eigenvalue weighted by molar-refractivity contribution is -0.123. The minimum Gasteiger partial charge on any atom is -0.396 e. The highest BCUT2D eigenvalue weighted by atomic mass is 16.3. The fraction of sp³-hybridized carbons (Fsp3) is 0.917. The first kappa shape index (κ1) is 10.9. The third kappa shape index (κ3) is 2.71. The van der Waals surface area contributed by atoms with Gasteiger partial charge in [-0.3, -0.25) is 4.79 Å². The van der Waals surface area contributed by atoms with Gasteiger partial charge in [0.15, 0.2) is 0 Å². The van der Waals surface area contributed by atoms with Crippen molar-refractivity contribution in [1.82, 2.24) is 5.32 Å². The first-order valence-corrected chi connectivity index (χ1v) is 6.12. The number of aliphatic hydroxyl groups is 1. The molecule has 3 heteroatoms. The van der Waals surface area contributed by atoms with E-state index in [0.29, 0.717) is 30.4 Å². The predicted octanol–water partition coefficient (Wildman–Crippen LogP) is 1.31. The van der Waals surface area contributed by atoms with E-state index in [4.69, 9.17) is 5.11 Å². The van der Waals surface area contributed by atoms with Gasteiger partial charge in [-0.25, -0.2) is 0 Å². The quantitative estimate of drug-likeness (QED) is 0.739. The van der Waals surface area contributed by atoms with Crippen molar-refractivity contribution >= 4 is 5.91 Å².